The Morgan fingerprint density at radius 2 is 2.29 bits per heavy atom. The Kier molecular flexibility index (Phi) is 4.87. The Morgan fingerprint density at radius 1 is 1.52 bits per heavy atom. The van der Waals surface area contributed by atoms with E-state index in [1.54, 1.807) is 6.07 Å². The van der Waals surface area contributed by atoms with E-state index in [1.165, 1.54) is 12.1 Å². The first-order chi connectivity index (χ1) is 10.0. The molecule has 0 radical (unpaired) electrons. The van der Waals surface area contributed by atoms with Crippen LogP contribution in [0.4, 0.5) is 5.69 Å². The number of non-ortho nitro benzene ring substituents is 1. The van der Waals surface area contributed by atoms with Crippen LogP contribution in [0.5, 0.6) is 0 Å². The Labute approximate surface area is 122 Å². The minimum atomic E-state index is -0.745. The number of imidazole rings is 1. The lowest BCUT2D eigenvalue weighted by molar-refractivity contribution is -0.384. The second kappa shape index (κ2) is 6.64. The number of rotatable bonds is 7. The van der Waals surface area contributed by atoms with Crippen molar-refractivity contribution >= 4 is 16.7 Å². The molecule has 1 N–H and O–H groups in total. The standard InChI is InChI=1S/C14H19N3O4/c1-3-21-14(18)6-4-5-13-15-11-9-10(17(19)20)7-8-12(11)16(13)2/h7-9,14,18H,3-6H2,1-2H3. The molecule has 1 unspecified atom stereocenters. The average Bonchev–Trinajstić information content (AvgIpc) is 2.75. The van der Waals surface area contributed by atoms with E-state index in [-0.39, 0.29) is 5.69 Å². The first-order valence-electron chi connectivity index (χ1n) is 6.92. The molecule has 0 amide bonds. The fraction of sp³-hybridized carbons (Fsp3) is 0.500. The van der Waals surface area contributed by atoms with Crippen LogP contribution >= 0.6 is 0 Å². The zero-order valence-electron chi connectivity index (χ0n) is 12.2. The summed E-state index contributed by atoms with van der Waals surface area (Å²) in [5.41, 5.74) is 1.52. The molecule has 2 rings (SSSR count). The van der Waals surface area contributed by atoms with Gasteiger partial charge in [0.05, 0.1) is 16.0 Å². The third-order valence-corrected chi connectivity index (χ3v) is 3.38. The Balaban J connectivity index is 2.10. The number of hydrogen-bond acceptors (Lipinski definition) is 5. The van der Waals surface area contributed by atoms with Gasteiger partial charge in [-0.15, -0.1) is 0 Å². The van der Waals surface area contributed by atoms with E-state index >= 15 is 0 Å². The van der Waals surface area contributed by atoms with Crippen molar-refractivity contribution in [3.63, 3.8) is 0 Å². The summed E-state index contributed by atoms with van der Waals surface area (Å²) in [4.78, 5) is 14.8. The summed E-state index contributed by atoms with van der Waals surface area (Å²) in [6, 6.07) is 4.67. The van der Waals surface area contributed by atoms with Gasteiger partial charge in [0, 0.05) is 32.2 Å². The molecule has 7 nitrogen and oxygen atoms in total. The first kappa shape index (κ1) is 15.4. The summed E-state index contributed by atoms with van der Waals surface area (Å²) in [5, 5.41) is 20.3. The molecule has 0 saturated heterocycles. The van der Waals surface area contributed by atoms with Crippen molar-refractivity contribution in [3.05, 3.63) is 34.1 Å². The molecular formula is C14H19N3O4. The molecule has 0 saturated carbocycles. The van der Waals surface area contributed by atoms with Crippen LogP contribution in [0.1, 0.15) is 25.6 Å². The number of aryl methyl sites for hydroxylation is 2. The molecule has 1 heterocycles. The third kappa shape index (κ3) is 3.56. The summed E-state index contributed by atoms with van der Waals surface area (Å²) < 4.78 is 6.99. The largest absolute Gasteiger partial charge is 0.368 e. The van der Waals surface area contributed by atoms with Crippen molar-refractivity contribution in [3.8, 4) is 0 Å². The maximum absolute atomic E-state index is 10.8. The smallest absolute Gasteiger partial charge is 0.271 e. The number of nitrogens with zero attached hydrogens (tertiary/aromatic N) is 3. The number of benzene rings is 1. The molecule has 0 bridgehead atoms. The van der Waals surface area contributed by atoms with Crippen molar-refractivity contribution in [2.75, 3.05) is 6.61 Å². The van der Waals surface area contributed by atoms with Crippen molar-refractivity contribution in [2.45, 2.75) is 32.5 Å². The number of aromatic nitrogens is 2. The Hall–Kier alpha value is -1.99. The maximum atomic E-state index is 10.8. The highest BCUT2D eigenvalue weighted by Crippen LogP contribution is 2.21. The SMILES string of the molecule is CCOC(O)CCCc1nc2cc([N+](=O)[O-])ccc2n1C. The lowest BCUT2D eigenvalue weighted by Gasteiger charge is -2.09. The number of aliphatic hydroxyl groups is 1. The molecule has 114 valence electrons. The molecule has 1 aromatic carbocycles. The molecule has 1 aromatic heterocycles. The maximum Gasteiger partial charge on any atom is 0.271 e. The highest BCUT2D eigenvalue weighted by atomic mass is 16.6. The molecule has 0 aliphatic carbocycles. The van der Waals surface area contributed by atoms with Gasteiger partial charge in [-0.25, -0.2) is 4.98 Å². The van der Waals surface area contributed by atoms with Gasteiger partial charge in [-0.2, -0.15) is 0 Å². The molecule has 0 fully saturated rings. The summed E-state index contributed by atoms with van der Waals surface area (Å²) in [6.07, 6.45) is 1.21. The van der Waals surface area contributed by atoms with E-state index < -0.39 is 11.2 Å². The molecule has 1 atom stereocenters. The zero-order chi connectivity index (χ0) is 15.4. The van der Waals surface area contributed by atoms with Crippen LogP contribution in [0, 0.1) is 10.1 Å². The lowest BCUT2D eigenvalue weighted by atomic mass is 10.2. The van der Waals surface area contributed by atoms with Crippen LogP contribution in [0.3, 0.4) is 0 Å². The fourth-order valence-corrected chi connectivity index (χ4v) is 2.29. The summed E-state index contributed by atoms with van der Waals surface area (Å²) in [5.74, 6) is 0.842. The van der Waals surface area contributed by atoms with Crippen LogP contribution in [-0.4, -0.2) is 32.5 Å². The van der Waals surface area contributed by atoms with Crippen molar-refractivity contribution in [1.82, 2.24) is 9.55 Å². The van der Waals surface area contributed by atoms with E-state index in [1.807, 2.05) is 18.5 Å². The van der Waals surface area contributed by atoms with Gasteiger partial charge in [0.2, 0.25) is 0 Å². The predicted molar refractivity (Wildman–Crippen MR) is 77.9 cm³/mol. The van der Waals surface area contributed by atoms with Crippen molar-refractivity contribution < 1.29 is 14.8 Å². The van der Waals surface area contributed by atoms with E-state index in [9.17, 15) is 15.2 Å². The third-order valence-electron chi connectivity index (χ3n) is 3.38. The van der Waals surface area contributed by atoms with Gasteiger partial charge in [0.1, 0.15) is 5.82 Å². The predicted octanol–water partition coefficient (Wildman–Crippen LogP) is 2.16. The number of fused-ring (bicyclic) bond motifs is 1. The van der Waals surface area contributed by atoms with Gasteiger partial charge in [-0.1, -0.05) is 0 Å². The van der Waals surface area contributed by atoms with Crippen LogP contribution < -0.4 is 0 Å². The van der Waals surface area contributed by atoms with E-state index in [0.29, 0.717) is 25.0 Å². The molecule has 21 heavy (non-hydrogen) atoms. The van der Waals surface area contributed by atoms with Crippen LogP contribution in [0.2, 0.25) is 0 Å². The van der Waals surface area contributed by atoms with E-state index in [2.05, 4.69) is 4.98 Å². The summed E-state index contributed by atoms with van der Waals surface area (Å²) >= 11 is 0. The quantitative estimate of drug-likeness (QED) is 0.480. The second-order valence-corrected chi connectivity index (χ2v) is 4.82. The summed E-state index contributed by atoms with van der Waals surface area (Å²) in [6.45, 7) is 2.32. The molecule has 0 spiro atoms. The first-order valence-corrected chi connectivity index (χ1v) is 6.92. The Bertz CT molecular complexity index is 638. The average molecular weight is 293 g/mol. The van der Waals surface area contributed by atoms with Gasteiger partial charge in [-0.3, -0.25) is 10.1 Å². The number of nitro benzene ring substituents is 1. The minimum Gasteiger partial charge on any atom is -0.368 e. The highest BCUT2D eigenvalue weighted by Gasteiger charge is 2.13. The van der Waals surface area contributed by atoms with Gasteiger partial charge >= 0.3 is 0 Å². The van der Waals surface area contributed by atoms with Crippen LogP contribution in [0.25, 0.3) is 11.0 Å². The van der Waals surface area contributed by atoms with Crippen LogP contribution in [0.15, 0.2) is 18.2 Å². The topological polar surface area (TPSA) is 90.4 Å². The summed E-state index contributed by atoms with van der Waals surface area (Å²) in [7, 11) is 1.88. The van der Waals surface area contributed by atoms with Crippen LogP contribution in [-0.2, 0) is 18.2 Å². The fourth-order valence-electron chi connectivity index (χ4n) is 2.29. The van der Waals surface area contributed by atoms with Gasteiger partial charge in [0.25, 0.3) is 5.69 Å². The molecule has 7 heteroatoms. The number of aliphatic hydroxyl groups excluding tert-OH is 1. The number of nitro groups is 1. The normalized spacial score (nSPS) is 12.7. The van der Waals surface area contributed by atoms with Crippen molar-refractivity contribution in [2.24, 2.45) is 7.05 Å². The number of hydrogen-bond donors (Lipinski definition) is 1. The van der Waals surface area contributed by atoms with E-state index in [0.717, 1.165) is 17.8 Å². The van der Waals surface area contributed by atoms with Gasteiger partial charge < -0.3 is 14.4 Å². The van der Waals surface area contributed by atoms with Crippen molar-refractivity contribution in [1.29, 1.82) is 0 Å². The molecule has 0 aliphatic rings. The van der Waals surface area contributed by atoms with E-state index in [4.69, 9.17) is 4.74 Å². The molecule has 0 aliphatic heterocycles. The minimum absolute atomic E-state index is 0.0407. The van der Waals surface area contributed by atoms with Gasteiger partial charge in [-0.05, 0) is 25.8 Å². The molecule has 2 aromatic rings. The molecular weight excluding hydrogens is 274 g/mol. The van der Waals surface area contributed by atoms with Gasteiger partial charge in [0.15, 0.2) is 6.29 Å². The number of ether oxygens (including phenoxy) is 1. The zero-order valence-corrected chi connectivity index (χ0v) is 12.2. The monoisotopic (exact) mass is 293 g/mol. The second-order valence-electron chi connectivity index (χ2n) is 4.82. The highest BCUT2D eigenvalue weighted by molar-refractivity contribution is 5.78. The Morgan fingerprint density at radius 3 is 2.95 bits per heavy atom. The lowest BCUT2D eigenvalue weighted by Crippen LogP contribution is -2.12.